The third-order valence-corrected chi connectivity index (χ3v) is 1.47. The normalized spacial score (nSPS) is 14.8. The molecule has 1 aromatic rings. The van der Waals surface area contributed by atoms with E-state index < -0.39 is 6.10 Å². The highest BCUT2D eigenvalue weighted by molar-refractivity contribution is 5.00. The second-order valence-electron chi connectivity index (χ2n) is 3.88. The van der Waals surface area contributed by atoms with E-state index in [4.69, 9.17) is 9.63 Å². The average molecular weight is 170 g/mol. The second kappa shape index (κ2) is 2.86. The van der Waals surface area contributed by atoms with Gasteiger partial charge in [-0.2, -0.15) is 4.98 Å². The molecule has 1 unspecified atom stereocenters. The van der Waals surface area contributed by atoms with Crippen molar-refractivity contribution in [1.82, 2.24) is 10.1 Å². The van der Waals surface area contributed by atoms with Crippen molar-refractivity contribution in [3.63, 3.8) is 0 Å². The minimum absolute atomic E-state index is 0.128. The summed E-state index contributed by atoms with van der Waals surface area (Å²) in [6, 6.07) is 0. The van der Waals surface area contributed by atoms with Crippen molar-refractivity contribution in [2.24, 2.45) is 0 Å². The summed E-state index contributed by atoms with van der Waals surface area (Å²) in [5.74, 6) is 0.901. The van der Waals surface area contributed by atoms with Crippen LogP contribution in [0.3, 0.4) is 0 Å². The molecule has 0 radical (unpaired) electrons. The predicted octanol–water partition coefficient (Wildman–Crippen LogP) is 1.42. The van der Waals surface area contributed by atoms with Crippen LogP contribution >= 0.6 is 0 Å². The van der Waals surface area contributed by atoms with Gasteiger partial charge < -0.3 is 9.63 Å². The quantitative estimate of drug-likeness (QED) is 0.692. The molecule has 0 aliphatic rings. The van der Waals surface area contributed by atoms with Gasteiger partial charge in [-0.25, -0.2) is 0 Å². The molecule has 1 aromatic heterocycles. The van der Waals surface area contributed by atoms with Gasteiger partial charge in [0.25, 0.3) is 5.89 Å². The van der Waals surface area contributed by atoms with E-state index in [0.717, 1.165) is 0 Å². The molecule has 0 bridgehead atoms. The minimum atomic E-state index is -0.686. The van der Waals surface area contributed by atoms with Crippen LogP contribution in [0.25, 0.3) is 0 Å². The fourth-order valence-corrected chi connectivity index (χ4v) is 0.710. The molecule has 0 aliphatic carbocycles. The van der Waals surface area contributed by atoms with Crippen molar-refractivity contribution in [2.45, 2.75) is 39.2 Å². The summed E-state index contributed by atoms with van der Waals surface area (Å²) in [4.78, 5) is 4.05. The van der Waals surface area contributed by atoms with Gasteiger partial charge in [0.05, 0.1) is 0 Å². The number of hydrogen-bond acceptors (Lipinski definition) is 4. The zero-order chi connectivity index (χ0) is 9.35. The number of aliphatic hydroxyl groups excluding tert-OH is 1. The van der Waals surface area contributed by atoms with E-state index in [9.17, 15) is 0 Å². The Labute approximate surface area is 71.6 Å². The lowest BCUT2D eigenvalue weighted by atomic mass is 9.96. The van der Waals surface area contributed by atoms with Crippen LogP contribution < -0.4 is 0 Å². The molecule has 0 aliphatic heterocycles. The topological polar surface area (TPSA) is 59.2 Å². The Morgan fingerprint density at radius 1 is 1.42 bits per heavy atom. The van der Waals surface area contributed by atoms with Gasteiger partial charge >= 0.3 is 0 Å². The molecule has 1 rings (SSSR count). The highest BCUT2D eigenvalue weighted by Gasteiger charge is 2.22. The molecule has 68 valence electrons. The molecule has 1 atom stereocenters. The summed E-state index contributed by atoms with van der Waals surface area (Å²) in [6.07, 6.45) is -0.686. The first-order valence-electron chi connectivity index (χ1n) is 3.93. The maximum absolute atomic E-state index is 9.11. The smallest absolute Gasteiger partial charge is 0.255 e. The Morgan fingerprint density at radius 3 is 2.25 bits per heavy atom. The number of rotatable bonds is 1. The zero-order valence-electron chi connectivity index (χ0n) is 7.83. The van der Waals surface area contributed by atoms with Crippen LogP contribution in [-0.4, -0.2) is 15.2 Å². The van der Waals surface area contributed by atoms with Gasteiger partial charge in [0.2, 0.25) is 0 Å². The first-order chi connectivity index (χ1) is 5.41. The molecule has 4 nitrogen and oxygen atoms in total. The highest BCUT2D eigenvalue weighted by atomic mass is 16.5. The van der Waals surface area contributed by atoms with Gasteiger partial charge in [0.1, 0.15) is 6.10 Å². The summed E-state index contributed by atoms with van der Waals surface area (Å²) in [5.41, 5.74) is -0.128. The van der Waals surface area contributed by atoms with Crippen molar-refractivity contribution in [3.05, 3.63) is 11.7 Å². The molecule has 0 saturated carbocycles. The van der Waals surface area contributed by atoms with E-state index in [1.165, 1.54) is 0 Å². The molecule has 0 saturated heterocycles. The summed E-state index contributed by atoms with van der Waals surface area (Å²) >= 11 is 0. The standard InChI is InChI=1S/C8H14N2O2/c1-5(11)6-9-7(10-12-6)8(2,3)4/h5,11H,1-4H3. The van der Waals surface area contributed by atoms with Crippen molar-refractivity contribution in [1.29, 1.82) is 0 Å². The molecular weight excluding hydrogens is 156 g/mol. The maximum atomic E-state index is 9.11. The van der Waals surface area contributed by atoms with Crippen molar-refractivity contribution < 1.29 is 9.63 Å². The monoisotopic (exact) mass is 170 g/mol. The summed E-state index contributed by atoms with van der Waals surface area (Å²) in [5, 5.41) is 12.9. The molecule has 4 heteroatoms. The fraction of sp³-hybridized carbons (Fsp3) is 0.750. The Morgan fingerprint density at radius 2 is 2.00 bits per heavy atom. The maximum Gasteiger partial charge on any atom is 0.255 e. The first-order valence-corrected chi connectivity index (χ1v) is 3.93. The summed E-state index contributed by atoms with van der Waals surface area (Å²) in [6.45, 7) is 7.57. The molecule has 1 N–H and O–H groups in total. The van der Waals surface area contributed by atoms with Crippen molar-refractivity contribution in [3.8, 4) is 0 Å². The lowest BCUT2D eigenvalue weighted by Crippen LogP contribution is -2.13. The number of aliphatic hydroxyl groups is 1. The minimum Gasteiger partial charge on any atom is -0.384 e. The molecule has 1 heterocycles. The first kappa shape index (κ1) is 9.19. The third kappa shape index (κ3) is 1.82. The van der Waals surface area contributed by atoms with Crippen molar-refractivity contribution in [2.75, 3.05) is 0 Å². The van der Waals surface area contributed by atoms with Crippen LogP contribution in [0, 0.1) is 0 Å². The van der Waals surface area contributed by atoms with Gasteiger partial charge in [0, 0.05) is 5.41 Å². The van der Waals surface area contributed by atoms with Crippen LogP contribution in [0.5, 0.6) is 0 Å². The molecular formula is C8H14N2O2. The van der Waals surface area contributed by atoms with Gasteiger partial charge in [0.15, 0.2) is 5.82 Å². The number of aromatic nitrogens is 2. The third-order valence-electron chi connectivity index (χ3n) is 1.47. The SMILES string of the molecule is CC(O)c1nc(C(C)(C)C)no1. The molecule has 12 heavy (non-hydrogen) atoms. The predicted molar refractivity (Wildman–Crippen MR) is 43.6 cm³/mol. The van der Waals surface area contributed by atoms with Gasteiger partial charge in [-0.05, 0) is 6.92 Å². The molecule has 0 spiro atoms. The van der Waals surface area contributed by atoms with E-state index in [1.807, 2.05) is 20.8 Å². The van der Waals surface area contributed by atoms with Crippen LogP contribution in [0.4, 0.5) is 0 Å². The highest BCUT2D eigenvalue weighted by Crippen LogP contribution is 2.20. The largest absolute Gasteiger partial charge is 0.384 e. The Balaban J connectivity index is 2.92. The van der Waals surface area contributed by atoms with Crippen LogP contribution in [-0.2, 0) is 5.41 Å². The van der Waals surface area contributed by atoms with E-state index >= 15 is 0 Å². The summed E-state index contributed by atoms with van der Waals surface area (Å²) in [7, 11) is 0. The van der Waals surface area contributed by atoms with E-state index in [0.29, 0.717) is 5.82 Å². The van der Waals surface area contributed by atoms with E-state index in [1.54, 1.807) is 6.92 Å². The second-order valence-corrected chi connectivity index (χ2v) is 3.88. The zero-order valence-corrected chi connectivity index (χ0v) is 7.83. The average Bonchev–Trinajstić information content (AvgIpc) is 2.30. The van der Waals surface area contributed by atoms with Crippen molar-refractivity contribution >= 4 is 0 Å². The van der Waals surface area contributed by atoms with Gasteiger partial charge in [-0.3, -0.25) is 0 Å². The lowest BCUT2D eigenvalue weighted by Gasteiger charge is -2.10. The fourth-order valence-electron chi connectivity index (χ4n) is 0.710. The van der Waals surface area contributed by atoms with Crippen LogP contribution in [0.1, 0.15) is 45.5 Å². The summed E-state index contributed by atoms with van der Waals surface area (Å²) < 4.78 is 4.84. The van der Waals surface area contributed by atoms with Crippen LogP contribution in [0.2, 0.25) is 0 Å². The molecule has 0 fully saturated rings. The Hall–Kier alpha value is -0.900. The Bertz CT molecular complexity index is 260. The van der Waals surface area contributed by atoms with Gasteiger partial charge in [-0.15, -0.1) is 0 Å². The van der Waals surface area contributed by atoms with Crippen LogP contribution in [0.15, 0.2) is 4.52 Å². The van der Waals surface area contributed by atoms with E-state index in [2.05, 4.69) is 10.1 Å². The van der Waals surface area contributed by atoms with Gasteiger partial charge in [-0.1, -0.05) is 25.9 Å². The number of nitrogens with zero attached hydrogens (tertiary/aromatic N) is 2. The van der Waals surface area contributed by atoms with E-state index in [-0.39, 0.29) is 11.3 Å². The Kier molecular flexibility index (Phi) is 2.19. The molecule has 0 amide bonds. The molecule has 0 aromatic carbocycles. The number of hydrogen-bond donors (Lipinski definition) is 1. The lowest BCUT2D eigenvalue weighted by molar-refractivity contribution is 0.151.